The molecule has 0 saturated carbocycles. The lowest BCUT2D eigenvalue weighted by atomic mass is 10.1. The Bertz CT molecular complexity index is 465. The van der Waals surface area contributed by atoms with Gasteiger partial charge in [0.1, 0.15) is 12.4 Å². The van der Waals surface area contributed by atoms with Gasteiger partial charge in [0.15, 0.2) is 0 Å². The van der Waals surface area contributed by atoms with Gasteiger partial charge < -0.3 is 15.2 Å². The van der Waals surface area contributed by atoms with Crippen LogP contribution >= 0.6 is 23.4 Å². The van der Waals surface area contributed by atoms with Crippen molar-refractivity contribution < 1.29 is 9.84 Å². The van der Waals surface area contributed by atoms with Gasteiger partial charge in [0, 0.05) is 36.0 Å². The van der Waals surface area contributed by atoms with Crippen LogP contribution in [0.15, 0.2) is 23.8 Å². The lowest BCUT2D eigenvalue weighted by molar-refractivity contribution is 0.296. The second-order valence-electron chi connectivity index (χ2n) is 4.64. The molecule has 2 N–H and O–H groups in total. The van der Waals surface area contributed by atoms with E-state index in [1.54, 1.807) is 0 Å². The molecule has 0 spiro atoms. The Labute approximate surface area is 129 Å². The minimum atomic E-state index is 0.284. The minimum absolute atomic E-state index is 0.284. The van der Waals surface area contributed by atoms with Gasteiger partial charge in [0.25, 0.3) is 0 Å². The van der Waals surface area contributed by atoms with Gasteiger partial charge in [-0.05, 0) is 42.0 Å². The highest BCUT2D eigenvalue weighted by Gasteiger charge is 2.11. The number of benzene rings is 1. The molecule has 0 aromatic heterocycles. The van der Waals surface area contributed by atoms with E-state index in [-0.39, 0.29) is 6.61 Å². The Morgan fingerprint density at radius 2 is 2.25 bits per heavy atom. The number of ether oxygens (including phenoxy) is 1. The third kappa shape index (κ3) is 5.02. The summed E-state index contributed by atoms with van der Waals surface area (Å²) in [6.07, 6.45) is 3.03. The summed E-state index contributed by atoms with van der Waals surface area (Å²) in [5.41, 5.74) is 2.29. The standard InChI is InChI=1S/C15H20ClNO2S/c16-14-2-3-15-13(9-14)8-12(11-19-15)10-17-4-7-20-6-1-5-18/h2-3,8-9,17-18H,1,4-7,10-11H2. The van der Waals surface area contributed by atoms with Crippen molar-refractivity contribution in [1.29, 1.82) is 0 Å². The summed E-state index contributed by atoms with van der Waals surface area (Å²) in [7, 11) is 0. The number of rotatable bonds is 8. The van der Waals surface area contributed by atoms with Gasteiger partial charge in [0.05, 0.1) is 0 Å². The number of aliphatic hydroxyl groups excluding tert-OH is 1. The molecule has 0 bridgehead atoms. The second kappa shape index (κ2) is 8.57. The van der Waals surface area contributed by atoms with Crippen molar-refractivity contribution in [3.63, 3.8) is 0 Å². The number of nitrogens with one attached hydrogen (secondary N) is 1. The maximum Gasteiger partial charge on any atom is 0.127 e. The molecule has 0 fully saturated rings. The topological polar surface area (TPSA) is 41.5 Å². The van der Waals surface area contributed by atoms with Gasteiger partial charge in [-0.2, -0.15) is 11.8 Å². The van der Waals surface area contributed by atoms with Crippen molar-refractivity contribution in [2.75, 3.05) is 37.8 Å². The molecule has 1 aromatic rings. The molecular weight excluding hydrogens is 294 g/mol. The highest BCUT2D eigenvalue weighted by atomic mass is 35.5. The van der Waals surface area contributed by atoms with Gasteiger partial charge in [-0.1, -0.05) is 11.6 Å². The predicted octanol–water partition coefficient (Wildman–Crippen LogP) is 2.82. The summed E-state index contributed by atoms with van der Waals surface area (Å²) >= 11 is 7.85. The summed E-state index contributed by atoms with van der Waals surface area (Å²) in [5, 5.41) is 12.8. The lowest BCUT2D eigenvalue weighted by Crippen LogP contribution is -2.23. The molecule has 0 aliphatic carbocycles. The van der Waals surface area contributed by atoms with Crippen LogP contribution in [0.4, 0.5) is 0 Å². The Morgan fingerprint density at radius 3 is 3.10 bits per heavy atom. The second-order valence-corrected chi connectivity index (χ2v) is 6.30. The van der Waals surface area contributed by atoms with Crippen molar-refractivity contribution in [1.82, 2.24) is 5.32 Å². The fourth-order valence-electron chi connectivity index (χ4n) is 1.96. The van der Waals surface area contributed by atoms with Crippen molar-refractivity contribution in [2.24, 2.45) is 0 Å². The number of thioether (sulfide) groups is 1. The average Bonchev–Trinajstić information content (AvgIpc) is 2.46. The number of hydrogen-bond acceptors (Lipinski definition) is 4. The van der Waals surface area contributed by atoms with E-state index in [4.69, 9.17) is 21.4 Å². The fraction of sp³-hybridized carbons (Fsp3) is 0.467. The SMILES string of the molecule is OCCCSCCNCC1=Cc2cc(Cl)ccc2OC1. The van der Waals surface area contributed by atoms with Gasteiger partial charge in [-0.3, -0.25) is 0 Å². The Hall–Kier alpha value is -0.680. The smallest absolute Gasteiger partial charge is 0.127 e. The summed E-state index contributed by atoms with van der Waals surface area (Å²) in [6.45, 7) is 2.73. The summed E-state index contributed by atoms with van der Waals surface area (Å²) in [4.78, 5) is 0. The maximum atomic E-state index is 8.68. The summed E-state index contributed by atoms with van der Waals surface area (Å²) in [6, 6.07) is 5.69. The van der Waals surface area contributed by atoms with Crippen LogP contribution < -0.4 is 10.1 Å². The Kier molecular flexibility index (Phi) is 6.73. The zero-order chi connectivity index (χ0) is 14.2. The first kappa shape index (κ1) is 15.7. The van der Waals surface area contributed by atoms with E-state index < -0.39 is 0 Å². The molecule has 110 valence electrons. The van der Waals surface area contributed by atoms with E-state index in [1.165, 1.54) is 5.57 Å². The summed E-state index contributed by atoms with van der Waals surface area (Å²) < 4.78 is 5.70. The van der Waals surface area contributed by atoms with Crippen LogP contribution in [0.25, 0.3) is 6.08 Å². The van der Waals surface area contributed by atoms with Crippen molar-refractivity contribution in [3.8, 4) is 5.75 Å². The highest BCUT2D eigenvalue weighted by molar-refractivity contribution is 7.99. The average molecular weight is 314 g/mol. The monoisotopic (exact) mass is 313 g/mol. The van der Waals surface area contributed by atoms with Crippen LogP contribution in [0.2, 0.25) is 5.02 Å². The van der Waals surface area contributed by atoms with Crippen molar-refractivity contribution in [3.05, 3.63) is 34.4 Å². The van der Waals surface area contributed by atoms with Crippen LogP contribution in [-0.4, -0.2) is 42.9 Å². The first-order valence-electron chi connectivity index (χ1n) is 6.80. The molecule has 20 heavy (non-hydrogen) atoms. The molecule has 0 unspecified atom stereocenters. The van der Waals surface area contributed by atoms with Crippen LogP contribution in [-0.2, 0) is 0 Å². The third-order valence-corrected chi connectivity index (χ3v) is 4.27. The molecule has 1 heterocycles. The fourth-order valence-corrected chi connectivity index (χ4v) is 2.97. The van der Waals surface area contributed by atoms with E-state index in [2.05, 4.69) is 11.4 Å². The van der Waals surface area contributed by atoms with Gasteiger partial charge in [-0.25, -0.2) is 0 Å². The Morgan fingerprint density at radius 1 is 1.35 bits per heavy atom. The van der Waals surface area contributed by atoms with Gasteiger partial charge in [0.2, 0.25) is 0 Å². The van der Waals surface area contributed by atoms with Crippen LogP contribution in [0.5, 0.6) is 5.75 Å². The molecule has 0 atom stereocenters. The number of aliphatic hydroxyl groups is 1. The zero-order valence-corrected chi connectivity index (χ0v) is 13.0. The largest absolute Gasteiger partial charge is 0.489 e. The molecule has 3 nitrogen and oxygen atoms in total. The van der Waals surface area contributed by atoms with Crippen molar-refractivity contribution in [2.45, 2.75) is 6.42 Å². The molecule has 5 heteroatoms. The van der Waals surface area contributed by atoms with Gasteiger partial charge in [-0.15, -0.1) is 0 Å². The van der Waals surface area contributed by atoms with Gasteiger partial charge >= 0.3 is 0 Å². The molecule has 1 aliphatic heterocycles. The first-order chi connectivity index (χ1) is 9.79. The number of hydrogen-bond donors (Lipinski definition) is 2. The molecule has 0 radical (unpaired) electrons. The van der Waals surface area contributed by atoms with E-state index in [0.29, 0.717) is 6.61 Å². The molecule has 0 saturated heterocycles. The van der Waals surface area contributed by atoms with Crippen LogP contribution in [0.3, 0.4) is 0 Å². The number of halogens is 1. The third-order valence-electron chi connectivity index (χ3n) is 2.97. The van der Waals surface area contributed by atoms with Crippen LogP contribution in [0, 0.1) is 0 Å². The molecule has 2 rings (SSSR count). The van der Waals surface area contributed by atoms with E-state index in [9.17, 15) is 0 Å². The van der Waals surface area contributed by atoms with Crippen LogP contribution in [0.1, 0.15) is 12.0 Å². The first-order valence-corrected chi connectivity index (χ1v) is 8.34. The normalized spacial score (nSPS) is 13.6. The van der Waals surface area contributed by atoms with E-state index in [0.717, 1.165) is 47.4 Å². The quantitative estimate of drug-likeness (QED) is 0.724. The minimum Gasteiger partial charge on any atom is -0.489 e. The highest BCUT2D eigenvalue weighted by Crippen LogP contribution is 2.28. The Balaban J connectivity index is 1.72. The maximum absolute atomic E-state index is 8.68. The molecule has 1 aromatic carbocycles. The molecule has 0 amide bonds. The number of fused-ring (bicyclic) bond motifs is 1. The predicted molar refractivity (Wildman–Crippen MR) is 86.8 cm³/mol. The van der Waals surface area contributed by atoms with E-state index >= 15 is 0 Å². The van der Waals surface area contributed by atoms with Crippen molar-refractivity contribution >= 4 is 29.4 Å². The van der Waals surface area contributed by atoms with E-state index in [1.807, 2.05) is 30.0 Å². The summed E-state index contributed by atoms with van der Waals surface area (Å²) in [5.74, 6) is 2.99. The molecular formula is C15H20ClNO2S. The lowest BCUT2D eigenvalue weighted by Gasteiger charge is -2.18. The zero-order valence-electron chi connectivity index (χ0n) is 11.4. The molecule has 1 aliphatic rings.